The lowest BCUT2D eigenvalue weighted by Gasteiger charge is -2.31. The third kappa shape index (κ3) is 1.58. The average molecular weight is 268 g/mol. The molecule has 1 aromatic rings. The molecular weight excluding hydrogens is 244 g/mol. The molecule has 2 aliphatic carbocycles. The first-order valence-corrected chi connectivity index (χ1v) is 7.65. The van der Waals surface area contributed by atoms with E-state index in [2.05, 4.69) is 58.0 Å². The second-order valence-corrected chi connectivity index (χ2v) is 7.23. The number of benzene rings is 1. The van der Waals surface area contributed by atoms with Gasteiger partial charge in [0.1, 0.15) is 5.78 Å². The molecule has 3 rings (SSSR count). The lowest BCUT2D eigenvalue weighted by atomic mass is 9.70. The molecule has 1 aromatic carbocycles. The minimum atomic E-state index is -0.168. The Kier molecular flexibility index (Phi) is 2.93. The average Bonchev–Trinajstić information content (AvgIpc) is 2.71. The zero-order valence-corrected chi connectivity index (χ0v) is 12.9. The topological polar surface area (TPSA) is 17.1 Å². The van der Waals surface area contributed by atoms with Gasteiger partial charge in [-0.25, -0.2) is 0 Å². The van der Waals surface area contributed by atoms with Crippen LogP contribution in [-0.2, 0) is 11.2 Å². The van der Waals surface area contributed by atoms with E-state index < -0.39 is 0 Å². The van der Waals surface area contributed by atoms with Gasteiger partial charge in [-0.15, -0.1) is 0 Å². The molecule has 0 aromatic heterocycles. The zero-order valence-electron chi connectivity index (χ0n) is 12.9. The number of carbonyl (C=O) groups is 1. The fraction of sp³-hybridized carbons (Fsp3) is 0.526. The quantitative estimate of drug-likeness (QED) is 0.725. The van der Waals surface area contributed by atoms with Crippen molar-refractivity contribution in [1.29, 1.82) is 0 Å². The first-order chi connectivity index (χ1) is 9.41. The predicted molar refractivity (Wildman–Crippen MR) is 82.4 cm³/mol. The van der Waals surface area contributed by atoms with Crippen molar-refractivity contribution >= 4 is 5.78 Å². The van der Waals surface area contributed by atoms with Crippen LogP contribution < -0.4 is 0 Å². The highest BCUT2D eigenvalue weighted by atomic mass is 16.1. The Morgan fingerprint density at radius 1 is 1.20 bits per heavy atom. The number of rotatable bonds is 2. The summed E-state index contributed by atoms with van der Waals surface area (Å²) in [7, 11) is 0. The summed E-state index contributed by atoms with van der Waals surface area (Å²) in [6, 6.07) is 10.5. The van der Waals surface area contributed by atoms with Crippen LogP contribution in [0.5, 0.6) is 0 Å². The molecule has 2 saturated carbocycles. The van der Waals surface area contributed by atoms with Gasteiger partial charge in [-0.3, -0.25) is 4.79 Å². The van der Waals surface area contributed by atoms with E-state index in [0.717, 1.165) is 12.8 Å². The highest BCUT2D eigenvalue weighted by Gasteiger charge is 2.67. The van der Waals surface area contributed by atoms with Crippen molar-refractivity contribution in [2.24, 2.45) is 22.7 Å². The van der Waals surface area contributed by atoms with Gasteiger partial charge in [0.15, 0.2) is 0 Å². The molecule has 1 nitrogen and oxygen atoms in total. The van der Waals surface area contributed by atoms with Crippen LogP contribution in [0.15, 0.2) is 42.0 Å². The summed E-state index contributed by atoms with van der Waals surface area (Å²) in [4.78, 5) is 12.9. The van der Waals surface area contributed by atoms with Gasteiger partial charge in [0, 0.05) is 11.3 Å². The molecule has 0 N–H and O–H groups in total. The highest BCUT2D eigenvalue weighted by Crippen LogP contribution is 2.68. The van der Waals surface area contributed by atoms with Crippen LogP contribution in [0.2, 0.25) is 0 Å². The molecule has 3 unspecified atom stereocenters. The fourth-order valence-electron chi connectivity index (χ4n) is 4.64. The number of allylic oxidation sites excluding steroid dienone is 2. The minimum Gasteiger partial charge on any atom is -0.299 e. The molecule has 0 spiro atoms. The Labute approximate surface area is 122 Å². The van der Waals surface area contributed by atoms with Gasteiger partial charge in [-0.05, 0) is 36.7 Å². The van der Waals surface area contributed by atoms with E-state index in [9.17, 15) is 4.79 Å². The molecule has 1 heteroatoms. The van der Waals surface area contributed by atoms with E-state index in [-0.39, 0.29) is 16.7 Å². The molecule has 0 saturated heterocycles. The minimum absolute atomic E-state index is 0.0887. The number of hydrogen-bond acceptors (Lipinski definition) is 1. The molecule has 0 amide bonds. The Balaban J connectivity index is 1.99. The maximum Gasteiger partial charge on any atom is 0.143 e. The van der Waals surface area contributed by atoms with Crippen LogP contribution in [-0.4, -0.2) is 5.78 Å². The monoisotopic (exact) mass is 268 g/mol. The first kappa shape index (κ1) is 13.6. The summed E-state index contributed by atoms with van der Waals surface area (Å²) in [6.07, 6.45) is 4.11. The van der Waals surface area contributed by atoms with E-state index in [1.165, 1.54) is 11.1 Å². The Morgan fingerprint density at radius 3 is 2.40 bits per heavy atom. The van der Waals surface area contributed by atoms with Crippen molar-refractivity contribution in [2.75, 3.05) is 0 Å². The van der Waals surface area contributed by atoms with E-state index in [4.69, 9.17) is 0 Å². The molecule has 106 valence electrons. The summed E-state index contributed by atoms with van der Waals surface area (Å²) < 4.78 is 0. The third-order valence-electron chi connectivity index (χ3n) is 6.11. The van der Waals surface area contributed by atoms with Crippen LogP contribution in [0.4, 0.5) is 0 Å². The van der Waals surface area contributed by atoms with Gasteiger partial charge in [-0.2, -0.15) is 0 Å². The van der Waals surface area contributed by atoms with E-state index in [1.807, 2.05) is 6.07 Å². The third-order valence-corrected chi connectivity index (χ3v) is 6.11. The van der Waals surface area contributed by atoms with Gasteiger partial charge in [0.2, 0.25) is 0 Å². The summed E-state index contributed by atoms with van der Waals surface area (Å²) >= 11 is 0. The largest absolute Gasteiger partial charge is 0.299 e. The standard InChI is InChI=1S/C19H24O/c1-5-14-12-19(4)17(20)15(16(14)18(19,2)3)11-13-9-7-6-8-10-13/h5-10,15-16H,11-12H2,1-4H3. The Morgan fingerprint density at radius 2 is 1.85 bits per heavy atom. The first-order valence-electron chi connectivity index (χ1n) is 7.65. The Bertz CT molecular complexity index is 567. The van der Waals surface area contributed by atoms with Crippen LogP contribution in [0.3, 0.4) is 0 Å². The number of hydrogen-bond donors (Lipinski definition) is 0. The van der Waals surface area contributed by atoms with E-state index in [0.29, 0.717) is 11.7 Å². The number of ketones is 1. The number of fused-ring (bicyclic) bond motifs is 2. The molecule has 2 fully saturated rings. The molecule has 2 aliphatic rings. The second-order valence-electron chi connectivity index (χ2n) is 7.23. The second kappa shape index (κ2) is 4.31. The van der Waals surface area contributed by atoms with Crippen molar-refractivity contribution in [1.82, 2.24) is 0 Å². The molecule has 2 bridgehead atoms. The number of carbonyl (C=O) groups excluding carboxylic acids is 1. The predicted octanol–water partition coefficient (Wildman–Crippen LogP) is 4.43. The van der Waals surface area contributed by atoms with Gasteiger partial charge < -0.3 is 0 Å². The van der Waals surface area contributed by atoms with Crippen molar-refractivity contribution in [3.8, 4) is 0 Å². The molecular formula is C19H24O. The fourth-order valence-corrected chi connectivity index (χ4v) is 4.64. The van der Waals surface area contributed by atoms with Crippen LogP contribution >= 0.6 is 0 Å². The van der Waals surface area contributed by atoms with Gasteiger partial charge in [-0.1, -0.05) is 62.8 Å². The summed E-state index contributed by atoms with van der Waals surface area (Å²) in [5.74, 6) is 1.07. The van der Waals surface area contributed by atoms with Crippen molar-refractivity contribution in [3.05, 3.63) is 47.5 Å². The lowest BCUT2D eigenvalue weighted by molar-refractivity contribution is -0.130. The van der Waals surface area contributed by atoms with Gasteiger partial charge in [0.05, 0.1) is 0 Å². The van der Waals surface area contributed by atoms with E-state index in [1.54, 1.807) is 0 Å². The molecule has 0 aliphatic heterocycles. The lowest BCUT2D eigenvalue weighted by Crippen LogP contribution is -2.34. The van der Waals surface area contributed by atoms with Crippen LogP contribution in [0, 0.1) is 22.7 Å². The maximum atomic E-state index is 12.9. The van der Waals surface area contributed by atoms with Crippen LogP contribution in [0.25, 0.3) is 0 Å². The van der Waals surface area contributed by atoms with Crippen molar-refractivity contribution in [3.63, 3.8) is 0 Å². The molecule has 0 radical (unpaired) electrons. The summed E-state index contributed by atoms with van der Waals surface area (Å²) in [5, 5.41) is 0. The Hall–Kier alpha value is -1.37. The van der Waals surface area contributed by atoms with Gasteiger partial charge >= 0.3 is 0 Å². The zero-order chi connectivity index (χ0) is 14.5. The normalized spacial score (nSPS) is 36.8. The maximum absolute atomic E-state index is 12.9. The summed E-state index contributed by atoms with van der Waals surface area (Å²) in [6.45, 7) is 8.89. The summed E-state index contributed by atoms with van der Waals surface area (Å²) in [5.41, 5.74) is 2.70. The smallest absolute Gasteiger partial charge is 0.143 e. The molecule has 20 heavy (non-hydrogen) atoms. The van der Waals surface area contributed by atoms with Gasteiger partial charge in [0.25, 0.3) is 0 Å². The molecule has 0 heterocycles. The highest BCUT2D eigenvalue weighted by molar-refractivity contribution is 5.93. The van der Waals surface area contributed by atoms with Crippen molar-refractivity contribution < 1.29 is 4.79 Å². The number of Topliss-reactive ketones (excluding diaryl/α,β-unsaturated/α-hetero) is 1. The van der Waals surface area contributed by atoms with Crippen LogP contribution in [0.1, 0.15) is 39.7 Å². The SMILES string of the molecule is CC=C1CC2(C)C(=O)C(Cc3ccccc3)C1C2(C)C. The van der Waals surface area contributed by atoms with E-state index >= 15 is 0 Å². The molecule has 3 atom stereocenters. The van der Waals surface area contributed by atoms with Crippen molar-refractivity contribution in [2.45, 2.75) is 40.5 Å².